The smallest absolute Gasteiger partial charge is 0.256 e. The molecule has 1 aliphatic rings. The Labute approximate surface area is 205 Å². The molecule has 0 radical (unpaired) electrons. The number of pyridine rings is 1. The third-order valence-electron chi connectivity index (χ3n) is 5.30. The molecule has 0 atom stereocenters. The number of thioether (sulfide) groups is 1. The molecule has 1 aliphatic heterocycles. The fourth-order valence-electron chi connectivity index (χ4n) is 3.66. The molecule has 0 unspecified atom stereocenters. The molecule has 2 heterocycles. The lowest BCUT2D eigenvalue weighted by Gasteiger charge is -2.12. The Balaban J connectivity index is 1.33. The number of para-hydroxylation sites is 3. The second-order valence-corrected chi connectivity index (χ2v) is 8.58. The maximum absolute atomic E-state index is 13.2. The van der Waals surface area contributed by atoms with Crippen molar-refractivity contribution in [2.45, 2.75) is 5.03 Å². The number of methoxy groups -OCH3 is 1. The number of ether oxygens (including phenoxy) is 3. The highest BCUT2D eigenvalue weighted by molar-refractivity contribution is 7.99. The Morgan fingerprint density at radius 1 is 0.971 bits per heavy atom. The Morgan fingerprint density at radius 2 is 1.77 bits per heavy atom. The van der Waals surface area contributed by atoms with E-state index in [0.29, 0.717) is 50.1 Å². The first kappa shape index (κ1) is 22.5. The second-order valence-electron chi connectivity index (χ2n) is 7.58. The van der Waals surface area contributed by atoms with Gasteiger partial charge in [-0.05, 0) is 36.4 Å². The number of carbonyl (C=O) groups excluding carboxylic acids is 2. The zero-order valence-electron chi connectivity index (χ0n) is 18.7. The van der Waals surface area contributed by atoms with Crippen molar-refractivity contribution in [2.75, 3.05) is 30.3 Å². The third kappa shape index (κ3) is 4.99. The van der Waals surface area contributed by atoms with E-state index in [4.69, 9.17) is 14.2 Å². The molecule has 1 aromatic heterocycles. The van der Waals surface area contributed by atoms with Crippen LogP contribution in [0.1, 0.15) is 10.4 Å². The Hall–Kier alpha value is -4.24. The van der Waals surface area contributed by atoms with Gasteiger partial charge in [0.1, 0.15) is 5.75 Å². The number of carbonyl (C=O) groups is 2. The van der Waals surface area contributed by atoms with Gasteiger partial charge in [-0.15, -0.1) is 0 Å². The van der Waals surface area contributed by atoms with Crippen molar-refractivity contribution in [3.63, 3.8) is 0 Å². The topological polar surface area (TPSA) is 98.8 Å². The summed E-state index contributed by atoms with van der Waals surface area (Å²) in [5.74, 6) is 1.43. The summed E-state index contributed by atoms with van der Waals surface area (Å²) in [6, 6.07) is 21.5. The fraction of sp³-hybridized carbons (Fsp3) is 0.115. The number of hydrogen-bond acceptors (Lipinski definition) is 7. The summed E-state index contributed by atoms with van der Waals surface area (Å²) in [6.07, 6.45) is 0. The first-order valence-corrected chi connectivity index (χ1v) is 11.8. The van der Waals surface area contributed by atoms with Crippen molar-refractivity contribution in [3.8, 4) is 17.2 Å². The molecule has 8 nitrogen and oxygen atoms in total. The zero-order valence-corrected chi connectivity index (χ0v) is 19.6. The summed E-state index contributed by atoms with van der Waals surface area (Å²) < 4.78 is 16.0. The van der Waals surface area contributed by atoms with Gasteiger partial charge in [0.15, 0.2) is 11.5 Å². The van der Waals surface area contributed by atoms with Gasteiger partial charge in [0.05, 0.1) is 34.7 Å². The zero-order chi connectivity index (χ0) is 24.2. The highest BCUT2D eigenvalue weighted by Gasteiger charge is 2.17. The van der Waals surface area contributed by atoms with Crippen LogP contribution in [-0.4, -0.2) is 36.5 Å². The van der Waals surface area contributed by atoms with Crippen LogP contribution < -0.4 is 24.8 Å². The molecule has 4 aromatic rings. The molecule has 0 saturated carbocycles. The number of hydrogen-bond donors (Lipinski definition) is 2. The Morgan fingerprint density at radius 3 is 2.66 bits per heavy atom. The van der Waals surface area contributed by atoms with Crippen molar-refractivity contribution in [1.29, 1.82) is 0 Å². The van der Waals surface area contributed by atoms with Gasteiger partial charge < -0.3 is 24.8 Å². The van der Waals surface area contributed by atoms with Crippen LogP contribution in [-0.2, 0) is 4.79 Å². The van der Waals surface area contributed by atoms with Gasteiger partial charge in [0.2, 0.25) is 12.7 Å². The predicted molar refractivity (Wildman–Crippen MR) is 135 cm³/mol. The fourth-order valence-corrected chi connectivity index (χ4v) is 4.38. The molecular weight excluding hydrogens is 466 g/mol. The van der Waals surface area contributed by atoms with Crippen molar-refractivity contribution < 1.29 is 23.8 Å². The lowest BCUT2D eigenvalue weighted by atomic mass is 10.1. The molecule has 176 valence electrons. The Kier molecular flexibility index (Phi) is 6.40. The minimum atomic E-state index is -0.292. The first-order valence-electron chi connectivity index (χ1n) is 10.8. The molecule has 5 rings (SSSR count). The van der Waals surface area contributed by atoms with Crippen LogP contribution in [0.4, 0.5) is 11.4 Å². The van der Waals surface area contributed by atoms with Gasteiger partial charge in [-0.3, -0.25) is 9.59 Å². The van der Waals surface area contributed by atoms with Crippen LogP contribution >= 0.6 is 11.8 Å². The highest BCUT2D eigenvalue weighted by Crippen LogP contribution is 2.34. The monoisotopic (exact) mass is 487 g/mol. The largest absolute Gasteiger partial charge is 0.495 e. The number of nitrogens with zero attached hydrogens (tertiary/aromatic N) is 1. The van der Waals surface area contributed by atoms with E-state index < -0.39 is 0 Å². The lowest BCUT2D eigenvalue weighted by molar-refractivity contribution is -0.113. The van der Waals surface area contributed by atoms with E-state index in [1.54, 1.807) is 43.5 Å². The van der Waals surface area contributed by atoms with E-state index in [9.17, 15) is 9.59 Å². The summed E-state index contributed by atoms with van der Waals surface area (Å²) in [4.78, 5) is 30.4. The number of rotatable bonds is 7. The van der Waals surface area contributed by atoms with Gasteiger partial charge in [-0.2, -0.15) is 0 Å². The number of nitrogens with one attached hydrogen (secondary N) is 2. The van der Waals surface area contributed by atoms with Crippen LogP contribution in [0.3, 0.4) is 0 Å². The number of aromatic nitrogens is 1. The van der Waals surface area contributed by atoms with Crippen molar-refractivity contribution in [3.05, 3.63) is 78.4 Å². The second kappa shape index (κ2) is 9.94. The standard InChI is InChI=1S/C26H21N3O5S/c1-32-21-9-5-4-8-20(21)29-26(31)18-13-25(28-19-7-3-2-6-17(18)19)35-14-24(30)27-16-10-11-22-23(12-16)34-15-33-22/h2-13H,14-15H2,1H3,(H,27,30)(H,29,31). The van der Waals surface area contributed by atoms with Crippen LogP contribution in [0, 0.1) is 0 Å². The van der Waals surface area contributed by atoms with E-state index in [-0.39, 0.29) is 24.4 Å². The maximum atomic E-state index is 13.2. The molecule has 35 heavy (non-hydrogen) atoms. The van der Waals surface area contributed by atoms with E-state index in [0.717, 1.165) is 0 Å². The summed E-state index contributed by atoms with van der Waals surface area (Å²) in [6.45, 7) is 0.170. The highest BCUT2D eigenvalue weighted by atomic mass is 32.2. The molecular formula is C26H21N3O5S. The van der Waals surface area contributed by atoms with Gasteiger partial charge in [-0.1, -0.05) is 42.1 Å². The van der Waals surface area contributed by atoms with Crippen LogP contribution in [0.25, 0.3) is 10.9 Å². The van der Waals surface area contributed by atoms with E-state index >= 15 is 0 Å². The predicted octanol–water partition coefficient (Wildman–Crippen LogP) is 4.96. The van der Waals surface area contributed by atoms with Crippen LogP contribution in [0.15, 0.2) is 77.8 Å². The molecule has 9 heteroatoms. The number of fused-ring (bicyclic) bond motifs is 2. The molecule has 0 saturated heterocycles. The summed E-state index contributed by atoms with van der Waals surface area (Å²) in [5.41, 5.74) is 2.31. The van der Waals surface area contributed by atoms with Crippen molar-refractivity contribution in [1.82, 2.24) is 4.98 Å². The van der Waals surface area contributed by atoms with Crippen LogP contribution in [0.2, 0.25) is 0 Å². The molecule has 0 aliphatic carbocycles. The minimum absolute atomic E-state index is 0.118. The quantitative estimate of drug-likeness (QED) is 0.356. The molecule has 0 fully saturated rings. The van der Waals surface area contributed by atoms with Gasteiger partial charge in [-0.25, -0.2) is 4.98 Å². The Bertz CT molecular complexity index is 1430. The molecule has 3 aromatic carbocycles. The summed E-state index contributed by atoms with van der Waals surface area (Å²) >= 11 is 1.25. The number of benzene rings is 3. The maximum Gasteiger partial charge on any atom is 0.256 e. The molecule has 2 N–H and O–H groups in total. The summed E-state index contributed by atoms with van der Waals surface area (Å²) in [5, 5.41) is 7.04. The van der Waals surface area contributed by atoms with Crippen molar-refractivity contribution in [2.24, 2.45) is 0 Å². The first-order chi connectivity index (χ1) is 17.1. The van der Waals surface area contributed by atoms with Crippen molar-refractivity contribution >= 4 is 45.9 Å². The molecule has 0 bridgehead atoms. The number of anilines is 2. The lowest BCUT2D eigenvalue weighted by Crippen LogP contribution is -2.15. The van der Waals surface area contributed by atoms with E-state index in [1.807, 2.05) is 36.4 Å². The van der Waals surface area contributed by atoms with Gasteiger partial charge in [0, 0.05) is 17.1 Å². The molecule has 0 spiro atoms. The van der Waals surface area contributed by atoms with E-state index in [2.05, 4.69) is 15.6 Å². The number of amides is 2. The van der Waals surface area contributed by atoms with Gasteiger partial charge >= 0.3 is 0 Å². The average Bonchev–Trinajstić information content (AvgIpc) is 3.35. The normalized spacial score (nSPS) is 11.8. The molecule has 2 amide bonds. The van der Waals surface area contributed by atoms with Crippen LogP contribution in [0.5, 0.6) is 17.2 Å². The summed E-state index contributed by atoms with van der Waals surface area (Å²) in [7, 11) is 1.55. The van der Waals surface area contributed by atoms with Gasteiger partial charge in [0.25, 0.3) is 5.91 Å². The van der Waals surface area contributed by atoms with E-state index in [1.165, 1.54) is 11.8 Å². The third-order valence-corrected chi connectivity index (χ3v) is 6.21. The average molecular weight is 488 g/mol. The SMILES string of the molecule is COc1ccccc1NC(=O)c1cc(SCC(=O)Nc2ccc3c(c2)OCO3)nc2ccccc12. The minimum Gasteiger partial charge on any atom is -0.495 e.